The SMILES string of the molecule is CCC.Cl.Cl.P. The molecule has 0 saturated carbocycles. The molecule has 1 atom stereocenters. The molecule has 0 heterocycles. The quantitative estimate of drug-likeness (QED) is 0.466. The zero-order valence-corrected chi connectivity index (χ0v) is 7.28. The van der Waals surface area contributed by atoms with Crippen LogP contribution in [0.15, 0.2) is 0 Å². The van der Waals surface area contributed by atoms with Gasteiger partial charge in [-0.1, -0.05) is 20.3 Å². The highest BCUT2D eigenvalue weighted by Crippen LogP contribution is 1.56. The molecule has 0 amide bonds. The summed E-state index contributed by atoms with van der Waals surface area (Å²) in [6.45, 7) is 4.25. The normalized spacial score (nSPS) is 3.00. The van der Waals surface area contributed by atoms with Gasteiger partial charge in [-0.3, -0.25) is 0 Å². The molecule has 0 saturated heterocycles. The molecule has 3 heteroatoms. The smallest absolute Gasteiger partial charge is 0.0590 e. The summed E-state index contributed by atoms with van der Waals surface area (Å²) < 4.78 is 0. The van der Waals surface area contributed by atoms with Gasteiger partial charge in [0.05, 0.1) is 0 Å². The number of halogens is 2. The first kappa shape index (κ1) is 27.9. The van der Waals surface area contributed by atoms with Crippen LogP contribution in [0.2, 0.25) is 0 Å². The fraction of sp³-hybridized carbons (Fsp3) is 1.00. The molecule has 0 fully saturated rings. The van der Waals surface area contributed by atoms with Gasteiger partial charge >= 0.3 is 0 Å². The molecule has 0 radical (unpaired) electrons. The third-order valence-corrected chi connectivity index (χ3v) is 0. The van der Waals surface area contributed by atoms with E-state index in [4.69, 9.17) is 0 Å². The molecule has 0 N–H and O–H groups in total. The molecule has 44 valence electrons. The van der Waals surface area contributed by atoms with Crippen molar-refractivity contribution >= 4 is 34.7 Å². The van der Waals surface area contributed by atoms with Gasteiger partial charge in [0.15, 0.2) is 0 Å². The van der Waals surface area contributed by atoms with E-state index in [1.54, 1.807) is 0 Å². The van der Waals surface area contributed by atoms with Crippen LogP contribution in [-0.4, -0.2) is 0 Å². The maximum absolute atomic E-state index is 2.12. The first-order valence-electron chi connectivity index (χ1n) is 1.41. The Kier molecular flexibility index (Phi) is 174. The monoisotopic (exact) mass is 150 g/mol. The Labute approximate surface area is 55.5 Å². The molecular formula is C3H13Cl2P. The summed E-state index contributed by atoms with van der Waals surface area (Å²) in [5.41, 5.74) is 0. The van der Waals surface area contributed by atoms with E-state index in [9.17, 15) is 0 Å². The van der Waals surface area contributed by atoms with Gasteiger partial charge in [0.25, 0.3) is 0 Å². The van der Waals surface area contributed by atoms with E-state index in [1.165, 1.54) is 6.42 Å². The first-order chi connectivity index (χ1) is 1.41. The van der Waals surface area contributed by atoms with Gasteiger partial charge in [0, 0.05) is 0 Å². The summed E-state index contributed by atoms with van der Waals surface area (Å²) >= 11 is 0. The zero-order valence-electron chi connectivity index (χ0n) is 4.23. The fourth-order valence-electron chi connectivity index (χ4n) is 0. The predicted molar refractivity (Wildman–Crippen MR) is 41.6 cm³/mol. The Morgan fingerprint density at radius 2 is 1.00 bits per heavy atom. The lowest BCUT2D eigenvalue weighted by atomic mass is 10.6. The van der Waals surface area contributed by atoms with E-state index in [0.29, 0.717) is 0 Å². The van der Waals surface area contributed by atoms with Crippen molar-refractivity contribution in [3.8, 4) is 0 Å². The summed E-state index contributed by atoms with van der Waals surface area (Å²) in [5.74, 6) is 0. The zero-order chi connectivity index (χ0) is 2.71. The van der Waals surface area contributed by atoms with Crippen molar-refractivity contribution in [2.45, 2.75) is 20.3 Å². The van der Waals surface area contributed by atoms with E-state index in [1.807, 2.05) is 0 Å². The Balaban J connectivity index is -0.00000000667. The van der Waals surface area contributed by atoms with Crippen LogP contribution in [0.5, 0.6) is 0 Å². The standard InChI is InChI=1S/C3H8.2ClH.H3P/c1-3-2;;;/h3H2,1-2H3;2*1H;1H3. The summed E-state index contributed by atoms with van der Waals surface area (Å²) in [7, 11) is 0. The predicted octanol–water partition coefficient (Wildman–Crippen LogP) is 2.32. The van der Waals surface area contributed by atoms with Crippen LogP contribution >= 0.6 is 34.7 Å². The Morgan fingerprint density at radius 1 is 1.00 bits per heavy atom. The van der Waals surface area contributed by atoms with Crippen LogP contribution in [0.4, 0.5) is 0 Å². The van der Waals surface area contributed by atoms with Gasteiger partial charge in [-0.25, -0.2) is 0 Å². The Bertz CT molecular complexity index is 8.75. The van der Waals surface area contributed by atoms with Gasteiger partial charge < -0.3 is 0 Å². The third kappa shape index (κ3) is 79.0. The lowest BCUT2D eigenvalue weighted by molar-refractivity contribution is 1.09. The van der Waals surface area contributed by atoms with E-state index >= 15 is 0 Å². The van der Waals surface area contributed by atoms with Gasteiger partial charge in [-0.2, -0.15) is 9.90 Å². The van der Waals surface area contributed by atoms with Crippen LogP contribution in [-0.2, 0) is 0 Å². The second-order valence-corrected chi connectivity index (χ2v) is 0.707. The average Bonchev–Trinajstić information content (AvgIpc) is 0.918. The molecular weight excluding hydrogens is 138 g/mol. The minimum atomic E-state index is 0. The van der Waals surface area contributed by atoms with E-state index in [2.05, 4.69) is 13.8 Å². The second kappa shape index (κ2) is 37.3. The second-order valence-electron chi connectivity index (χ2n) is 0.707. The molecule has 0 aromatic carbocycles. The van der Waals surface area contributed by atoms with E-state index in [-0.39, 0.29) is 34.7 Å². The van der Waals surface area contributed by atoms with Crippen LogP contribution in [0.25, 0.3) is 0 Å². The summed E-state index contributed by atoms with van der Waals surface area (Å²) in [5, 5.41) is 0. The largest absolute Gasteiger partial charge is 0.153 e. The molecule has 0 aliphatic carbocycles. The summed E-state index contributed by atoms with van der Waals surface area (Å²) in [6, 6.07) is 0. The van der Waals surface area contributed by atoms with Crippen molar-refractivity contribution < 1.29 is 0 Å². The number of hydrogen-bond donors (Lipinski definition) is 0. The first-order valence-corrected chi connectivity index (χ1v) is 1.41. The average molecular weight is 151 g/mol. The topological polar surface area (TPSA) is 0 Å². The van der Waals surface area contributed by atoms with Crippen molar-refractivity contribution in [3.05, 3.63) is 0 Å². The molecule has 0 aromatic heterocycles. The van der Waals surface area contributed by atoms with Crippen molar-refractivity contribution in [1.29, 1.82) is 0 Å². The number of rotatable bonds is 0. The van der Waals surface area contributed by atoms with Crippen molar-refractivity contribution in [1.82, 2.24) is 0 Å². The van der Waals surface area contributed by atoms with Gasteiger partial charge in [0.1, 0.15) is 0 Å². The lowest BCUT2D eigenvalue weighted by Crippen LogP contribution is -1.27. The van der Waals surface area contributed by atoms with Crippen LogP contribution < -0.4 is 0 Å². The van der Waals surface area contributed by atoms with Gasteiger partial charge in [-0.05, 0) is 0 Å². The molecule has 6 heavy (non-hydrogen) atoms. The highest BCUT2D eigenvalue weighted by Gasteiger charge is 1.35. The lowest BCUT2D eigenvalue weighted by Gasteiger charge is -1.48. The van der Waals surface area contributed by atoms with Crippen LogP contribution in [0.1, 0.15) is 20.3 Å². The van der Waals surface area contributed by atoms with Crippen LogP contribution in [0.3, 0.4) is 0 Å². The van der Waals surface area contributed by atoms with E-state index < -0.39 is 0 Å². The maximum Gasteiger partial charge on any atom is -0.0590 e. The molecule has 1 unspecified atom stereocenters. The Morgan fingerprint density at radius 3 is 1.00 bits per heavy atom. The molecule has 0 nitrogen and oxygen atoms in total. The third-order valence-electron chi connectivity index (χ3n) is 0. The minimum Gasteiger partial charge on any atom is -0.153 e. The summed E-state index contributed by atoms with van der Waals surface area (Å²) in [6.07, 6.45) is 1.25. The molecule has 0 aliphatic heterocycles. The molecule has 0 spiro atoms. The Hall–Kier alpha value is 1.01. The highest BCUT2D eigenvalue weighted by atomic mass is 35.5. The fourth-order valence-corrected chi connectivity index (χ4v) is 0. The highest BCUT2D eigenvalue weighted by molar-refractivity contribution is 6.92. The molecule has 0 aliphatic rings. The molecule has 0 bridgehead atoms. The molecule has 0 rings (SSSR count). The van der Waals surface area contributed by atoms with Crippen molar-refractivity contribution in [3.63, 3.8) is 0 Å². The van der Waals surface area contributed by atoms with Crippen molar-refractivity contribution in [2.24, 2.45) is 0 Å². The number of hydrogen-bond acceptors (Lipinski definition) is 0. The van der Waals surface area contributed by atoms with E-state index in [0.717, 1.165) is 0 Å². The van der Waals surface area contributed by atoms with Crippen LogP contribution in [0, 0.1) is 0 Å². The van der Waals surface area contributed by atoms with Gasteiger partial charge in [0.2, 0.25) is 0 Å². The van der Waals surface area contributed by atoms with Gasteiger partial charge in [-0.15, -0.1) is 24.8 Å². The molecule has 0 aromatic rings. The summed E-state index contributed by atoms with van der Waals surface area (Å²) in [4.78, 5) is 0. The minimum absolute atomic E-state index is 0. The maximum atomic E-state index is 2.12. The van der Waals surface area contributed by atoms with Crippen molar-refractivity contribution in [2.75, 3.05) is 0 Å².